The lowest BCUT2D eigenvalue weighted by Gasteiger charge is -2.11. The van der Waals surface area contributed by atoms with Crippen LogP contribution in [-0.2, 0) is 14.8 Å². The van der Waals surface area contributed by atoms with Crippen LogP contribution in [0.1, 0.15) is 6.92 Å². The van der Waals surface area contributed by atoms with E-state index in [0.717, 1.165) is 0 Å². The Balaban J connectivity index is 2.86. The standard InChI is InChI=1S/C10H15N3O3S/c1-7(10(11)14)13-8-3-5-9(6-4-8)17(15,16)12-2/h3-7,12-13H,1-2H3,(H2,11,14). The Hall–Kier alpha value is -1.60. The molecule has 0 aliphatic heterocycles. The number of primary amides is 1. The van der Waals surface area contributed by atoms with E-state index < -0.39 is 22.0 Å². The highest BCUT2D eigenvalue weighted by atomic mass is 32.2. The zero-order chi connectivity index (χ0) is 13.1. The van der Waals surface area contributed by atoms with Gasteiger partial charge in [0.15, 0.2) is 0 Å². The van der Waals surface area contributed by atoms with Crippen molar-refractivity contribution in [3.63, 3.8) is 0 Å². The Morgan fingerprint density at radius 2 is 1.82 bits per heavy atom. The van der Waals surface area contributed by atoms with Gasteiger partial charge in [0.25, 0.3) is 0 Å². The van der Waals surface area contributed by atoms with Crippen molar-refractivity contribution in [2.45, 2.75) is 17.9 Å². The first-order valence-corrected chi connectivity index (χ1v) is 6.44. The van der Waals surface area contributed by atoms with Gasteiger partial charge in [-0.25, -0.2) is 13.1 Å². The second-order valence-corrected chi connectivity index (χ2v) is 5.39. The van der Waals surface area contributed by atoms with Crippen LogP contribution in [0, 0.1) is 0 Å². The van der Waals surface area contributed by atoms with Gasteiger partial charge in [0.2, 0.25) is 15.9 Å². The normalized spacial score (nSPS) is 13.1. The van der Waals surface area contributed by atoms with Gasteiger partial charge in [-0.2, -0.15) is 0 Å². The lowest BCUT2D eigenvalue weighted by Crippen LogP contribution is -2.32. The molecule has 6 nitrogen and oxygen atoms in total. The number of nitrogens with one attached hydrogen (secondary N) is 2. The lowest BCUT2D eigenvalue weighted by atomic mass is 10.2. The molecule has 0 aromatic heterocycles. The molecule has 0 bridgehead atoms. The lowest BCUT2D eigenvalue weighted by molar-refractivity contribution is -0.118. The van der Waals surface area contributed by atoms with Crippen molar-refractivity contribution in [2.75, 3.05) is 12.4 Å². The van der Waals surface area contributed by atoms with Gasteiger partial charge in [-0.05, 0) is 38.2 Å². The van der Waals surface area contributed by atoms with E-state index in [-0.39, 0.29) is 4.90 Å². The molecule has 0 aliphatic rings. The van der Waals surface area contributed by atoms with E-state index in [1.807, 2.05) is 0 Å². The summed E-state index contributed by atoms with van der Waals surface area (Å²) in [5.74, 6) is -0.475. The molecular weight excluding hydrogens is 242 g/mol. The van der Waals surface area contributed by atoms with Crippen molar-refractivity contribution in [1.29, 1.82) is 0 Å². The number of rotatable bonds is 5. The molecule has 1 aromatic carbocycles. The fourth-order valence-electron chi connectivity index (χ4n) is 1.17. The number of amides is 1. The van der Waals surface area contributed by atoms with Crippen LogP contribution < -0.4 is 15.8 Å². The Bertz CT molecular complexity index is 496. The number of benzene rings is 1. The van der Waals surface area contributed by atoms with E-state index in [2.05, 4.69) is 10.0 Å². The second-order valence-electron chi connectivity index (χ2n) is 3.50. The first-order valence-electron chi connectivity index (χ1n) is 4.96. The predicted molar refractivity (Wildman–Crippen MR) is 65.0 cm³/mol. The molecule has 94 valence electrons. The number of carbonyl (C=O) groups excluding carboxylic acids is 1. The molecule has 1 aromatic rings. The summed E-state index contributed by atoms with van der Waals surface area (Å²) in [6.45, 7) is 1.63. The van der Waals surface area contributed by atoms with E-state index in [0.29, 0.717) is 5.69 Å². The van der Waals surface area contributed by atoms with E-state index >= 15 is 0 Å². The number of sulfonamides is 1. The van der Waals surface area contributed by atoms with E-state index in [4.69, 9.17) is 5.73 Å². The molecule has 0 aliphatic carbocycles. The van der Waals surface area contributed by atoms with Gasteiger partial charge in [0.1, 0.15) is 6.04 Å². The number of nitrogens with two attached hydrogens (primary N) is 1. The number of hydrogen-bond acceptors (Lipinski definition) is 4. The van der Waals surface area contributed by atoms with Crippen LogP contribution in [0.2, 0.25) is 0 Å². The summed E-state index contributed by atoms with van der Waals surface area (Å²) in [4.78, 5) is 11.0. The fraction of sp³-hybridized carbons (Fsp3) is 0.300. The van der Waals surface area contributed by atoms with Gasteiger partial charge in [-0.3, -0.25) is 4.79 Å². The summed E-state index contributed by atoms with van der Waals surface area (Å²) < 4.78 is 25.1. The minimum atomic E-state index is -3.43. The fourth-order valence-corrected chi connectivity index (χ4v) is 1.90. The summed E-state index contributed by atoms with van der Waals surface area (Å²) in [7, 11) is -2.09. The SMILES string of the molecule is CNS(=O)(=O)c1ccc(NC(C)C(N)=O)cc1. The maximum Gasteiger partial charge on any atom is 0.240 e. The summed E-state index contributed by atoms with van der Waals surface area (Å²) in [6, 6.07) is 5.53. The molecular formula is C10H15N3O3S. The highest BCUT2D eigenvalue weighted by Crippen LogP contribution is 2.14. The van der Waals surface area contributed by atoms with Gasteiger partial charge in [-0.1, -0.05) is 0 Å². The van der Waals surface area contributed by atoms with E-state index in [1.54, 1.807) is 19.1 Å². The van der Waals surface area contributed by atoms with Crippen molar-refractivity contribution >= 4 is 21.6 Å². The Kier molecular flexibility index (Phi) is 4.08. The summed E-state index contributed by atoms with van der Waals surface area (Å²) in [5, 5.41) is 2.85. The number of hydrogen-bond donors (Lipinski definition) is 3. The second kappa shape index (κ2) is 5.15. The molecule has 1 amide bonds. The molecule has 0 heterocycles. The van der Waals surface area contributed by atoms with E-state index in [1.165, 1.54) is 19.2 Å². The molecule has 0 spiro atoms. The molecule has 7 heteroatoms. The monoisotopic (exact) mass is 257 g/mol. The highest BCUT2D eigenvalue weighted by Gasteiger charge is 2.12. The van der Waals surface area contributed by atoms with Crippen LogP contribution in [-0.4, -0.2) is 27.4 Å². The average molecular weight is 257 g/mol. The average Bonchev–Trinajstić information content (AvgIpc) is 2.29. The van der Waals surface area contributed by atoms with Gasteiger partial charge in [0, 0.05) is 5.69 Å². The molecule has 1 atom stereocenters. The first kappa shape index (κ1) is 13.5. The van der Waals surface area contributed by atoms with Crippen LogP contribution in [0.15, 0.2) is 29.2 Å². The Labute approximate surface area is 100 Å². The molecule has 17 heavy (non-hydrogen) atoms. The van der Waals surface area contributed by atoms with E-state index in [9.17, 15) is 13.2 Å². The van der Waals surface area contributed by atoms with Crippen molar-refractivity contribution < 1.29 is 13.2 Å². The zero-order valence-electron chi connectivity index (χ0n) is 9.60. The third kappa shape index (κ3) is 3.43. The first-order chi connectivity index (χ1) is 7.86. The summed E-state index contributed by atoms with van der Waals surface area (Å²) in [6.07, 6.45) is 0. The largest absolute Gasteiger partial charge is 0.374 e. The maximum absolute atomic E-state index is 11.4. The van der Waals surface area contributed by atoms with Gasteiger partial charge < -0.3 is 11.1 Å². The molecule has 4 N–H and O–H groups in total. The van der Waals surface area contributed by atoms with Crippen LogP contribution >= 0.6 is 0 Å². The number of carbonyl (C=O) groups is 1. The van der Waals surface area contributed by atoms with Crippen LogP contribution in [0.25, 0.3) is 0 Å². The number of anilines is 1. The van der Waals surface area contributed by atoms with Crippen molar-refractivity contribution in [3.8, 4) is 0 Å². The minimum absolute atomic E-state index is 0.164. The summed E-state index contributed by atoms with van der Waals surface area (Å²) in [5.41, 5.74) is 5.73. The van der Waals surface area contributed by atoms with Crippen molar-refractivity contribution in [1.82, 2.24) is 4.72 Å². The Morgan fingerprint density at radius 1 is 1.29 bits per heavy atom. The molecule has 1 unspecified atom stereocenters. The smallest absolute Gasteiger partial charge is 0.240 e. The predicted octanol–water partition coefficient (Wildman–Crippen LogP) is -0.120. The van der Waals surface area contributed by atoms with Crippen LogP contribution in [0.5, 0.6) is 0 Å². The molecule has 1 rings (SSSR count). The third-order valence-corrected chi connectivity index (χ3v) is 3.67. The quantitative estimate of drug-likeness (QED) is 0.684. The maximum atomic E-state index is 11.4. The molecule has 0 fully saturated rings. The molecule has 0 saturated carbocycles. The van der Waals surface area contributed by atoms with Crippen molar-refractivity contribution in [3.05, 3.63) is 24.3 Å². The van der Waals surface area contributed by atoms with Crippen LogP contribution in [0.4, 0.5) is 5.69 Å². The minimum Gasteiger partial charge on any atom is -0.374 e. The topological polar surface area (TPSA) is 101 Å². The molecule has 0 saturated heterocycles. The van der Waals surface area contributed by atoms with Crippen LogP contribution in [0.3, 0.4) is 0 Å². The highest BCUT2D eigenvalue weighted by molar-refractivity contribution is 7.89. The van der Waals surface area contributed by atoms with Gasteiger partial charge >= 0.3 is 0 Å². The van der Waals surface area contributed by atoms with Crippen molar-refractivity contribution in [2.24, 2.45) is 5.73 Å². The Morgan fingerprint density at radius 3 is 2.24 bits per heavy atom. The third-order valence-electron chi connectivity index (χ3n) is 2.24. The van der Waals surface area contributed by atoms with Gasteiger partial charge in [-0.15, -0.1) is 0 Å². The molecule has 0 radical (unpaired) electrons. The van der Waals surface area contributed by atoms with Gasteiger partial charge in [0.05, 0.1) is 4.90 Å². The zero-order valence-corrected chi connectivity index (χ0v) is 10.4. The summed E-state index contributed by atoms with van der Waals surface area (Å²) >= 11 is 0.